The van der Waals surface area contributed by atoms with Crippen LogP contribution in [0.4, 0.5) is 0 Å². The van der Waals surface area contributed by atoms with E-state index in [9.17, 15) is 8.42 Å². The fourth-order valence-corrected chi connectivity index (χ4v) is 4.55. The fourth-order valence-electron chi connectivity index (χ4n) is 3.27. The number of ether oxygens (including phenoxy) is 2. The normalized spacial score (nSPS) is 15.8. The smallest absolute Gasteiger partial charge is 0.241 e. The molecule has 1 aliphatic rings. The summed E-state index contributed by atoms with van der Waals surface area (Å²) in [6.07, 6.45) is 7.50. The molecule has 8 heteroatoms. The fraction of sp³-hybridized carbons (Fsp3) is 0.667. The molecule has 6 nitrogen and oxygen atoms in total. The van der Waals surface area contributed by atoms with Crippen LogP contribution in [0.25, 0.3) is 0 Å². The van der Waals surface area contributed by atoms with Crippen LogP contribution in [0.3, 0.4) is 0 Å². The van der Waals surface area contributed by atoms with Crippen LogP contribution in [0, 0.1) is 6.92 Å². The van der Waals surface area contributed by atoms with E-state index in [0.29, 0.717) is 36.2 Å². The molecule has 150 valence electrons. The minimum Gasteiger partial charge on any atom is -0.493 e. The first-order valence-corrected chi connectivity index (χ1v) is 10.4. The summed E-state index contributed by atoms with van der Waals surface area (Å²) >= 11 is 0. The zero-order valence-corrected chi connectivity index (χ0v) is 17.5. The maximum absolute atomic E-state index is 12.6. The van der Waals surface area contributed by atoms with Gasteiger partial charge in [0.05, 0.1) is 19.1 Å². The number of halogens is 1. The molecule has 26 heavy (non-hydrogen) atoms. The van der Waals surface area contributed by atoms with Crippen molar-refractivity contribution < 1.29 is 17.9 Å². The molecular weight excluding hydrogens is 376 g/mol. The van der Waals surface area contributed by atoms with Crippen LogP contribution in [0.1, 0.15) is 44.1 Å². The van der Waals surface area contributed by atoms with Crippen LogP contribution in [-0.2, 0) is 10.0 Å². The first-order valence-electron chi connectivity index (χ1n) is 8.93. The van der Waals surface area contributed by atoms with E-state index in [2.05, 4.69) is 10.0 Å². The average Bonchev–Trinajstić information content (AvgIpc) is 2.87. The summed E-state index contributed by atoms with van der Waals surface area (Å²) in [5.41, 5.74) is 0.627. The summed E-state index contributed by atoms with van der Waals surface area (Å²) < 4.78 is 38.3. The van der Waals surface area contributed by atoms with E-state index in [1.54, 1.807) is 13.0 Å². The zero-order chi connectivity index (χ0) is 18.3. The SMILES string of the molecule is COc1cc(C)c(S(=O)(=O)NCCNC2CCCCCC2)cc1OC.Cl. The van der Waals surface area contributed by atoms with Gasteiger partial charge in [-0.05, 0) is 31.4 Å². The number of sulfonamides is 1. The highest BCUT2D eigenvalue weighted by atomic mass is 35.5. The van der Waals surface area contributed by atoms with Crippen molar-refractivity contribution in [3.05, 3.63) is 17.7 Å². The zero-order valence-electron chi connectivity index (χ0n) is 15.8. The van der Waals surface area contributed by atoms with Gasteiger partial charge in [0.1, 0.15) is 0 Å². The molecule has 0 unspecified atom stereocenters. The summed E-state index contributed by atoms with van der Waals surface area (Å²) in [6, 6.07) is 3.70. The minimum atomic E-state index is -3.58. The standard InChI is InChI=1S/C18H30N2O4S.ClH/c1-14-12-16(23-2)17(24-3)13-18(14)25(21,22)20-11-10-19-15-8-6-4-5-7-9-15;/h12-13,15,19-20H,4-11H2,1-3H3;1H. The highest BCUT2D eigenvalue weighted by Crippen LogP contribution is 2.32. The van der Waals surface area contributed by atoms with Crippen molar-refractivity contribution in [1.82, 2.24) is 10.0 Å². The predicted octanol–water partition coefficient (Wildman–Crippen LogP) is 3.02. The lowest BCUT2D eigenvalue weighted by molar-refractivity contribution is 0.353. The number of hydrogen-bond donors (Lipinski definition) is 2. The summed E-state index contributed by atoms with van der Waals surface area (Å²) in [6.45, 7) is 2.75. The largest absolute Gasteiger partial charge is 0.493 e. The quantitative estimate of drug-likeness (QED) is 0.512. The third-order valence-corrected chi connectivity index (χ3v) is 6.28. The third kappa shape index (κ3) is 6.30. The van der Waals surface area contributed by atoms with Gasteiger partial charge in [0.25, 0.3) is 0 Å². The predicted molar refractivity (Wildman–Crippen MR) is 106 cm³/mol. The van der Waals surface area contributed by atoms with Gasteiger partial charge in [-0.25, -0.2) is 13.1 Å². The maximum Gasteiger partial charge on any atom is 0.241 e. The number of hydrogen-bond acceptors (Lipinski definition) is 5. The van der Waals surface area contributed by atoms with Gasteiger partial charge >= 0.3 is 0 Å². The van der Waals surface area contributed by atoms with Crippen LogP contribution in [0.5, 0.6) is 11.5 Å². The van der Waals surface area contributed by atoms with E-state index in [1.165, 1.54) is 58.8 Å². The molecule has 1 saturated carbocycles. The molecule has 1 fully saturated rings. The molecule has 0 radical (unpaired) electrons. The van der Waals surface area contributed by atoms with E-state index in [1.807, 2.05) is 0 Å². The first kappa shape index (κ1) is 23.0. The average molecular weight is 407 g/mol. The van der Waals surface area contributed by atoms with Crippen molar-refractivity contribution in [2.75, 3.05) is 27.3 Å². The van der Waals surface area contributed by atoms with Gasteiger partial charge in [-0.3, -0.25) is 0 Å². The molecule has 2 N–H and O–H groups in total. The molecule has 1 aliphatic carbocycles. The summed E-state index contributed by atoms with van der Waals surface area (Å²) in [7, 11) is -0.560. The Morgan fingerprint density at radius 1 is 1.00 bits per heavy atom. The van der Waals surface area contributed by atoms with Gasteiger partial charge < -0.3 is 14.8 Å². The second-order valence-corrected chi connectivity index (χ2v) is 8.25. The molecular formula is C18H31ClN2O4S. The Balaban J connectivity index is 0.00000338. The monoisotopic (exact) mass is 406 g/mol. The summed E-state index contributed by atoms with van der Waals surface area (Å²) in [4.78, 5) is 0.222. The highest BCUT2D eigenvalue weighted by molar-refractivity contribution is 7.89. The van der Waals surface area contributed by atoms with Gasteiger partial charge in [0, 0.05) is 25.2 Å². The van der Waals surface area contributed by atoms with Gasteiger partial charge in [-0.15, -0.1) is 12.4 Å². The Morgan fingerprint density at radius 3 is 2.15 bits per heavy atom. The molecule has 0 spiro atoms. The van der Waals surface area contributed by atoms with E-state index in [-0.39, 0.29) is 17.3 Å². The van der Waals surface area contributed by atoms with Crippen molar-refractivity contribution in [3.8, 4) is 11.5 Å². The molecule has 0 heterocycles. The Morgan fingerprint density at radius 2 is 1.58 bits per heavy atom. The van der Waals surface area contributed by atoms with Gasteiger partial charge in [-0.1, -0.05) is 25.7 Å². The minimum absolute atomic E-state index is 0. The second kappa shape index (κ2) is 11.0. The summed E-state index contributed by atoms with van der Waals surface area (Å²) in [5.74, 6) is 0.930. The lowest BCUT2D eigenvalue weighted by Crippen LogP contribution is -2.37. The Bertz CT molecular complexity index is 659. The molecule has 1 aromatic rings. The molecule has 1 aromatic carbocycles. The number of methoxy groups -OCH3 is 2. The molecule has 0 amide bonds. The Hall–Kier alpha value is -1.02. The van der Waals surface area contributed by atoms with Gasteiger partial charge in [0.2, 0.25) is 10.0 Å². The van der Waals surface area contributed by atoms with Crippen LogP contribution < -0.4 is 19.5 Å². The van der Waals surface area contributed by atoms with E-state index >= 15 is 0 Å². The van der Waals surface area contributed by atoms with Crippen molar-refractivity contribution in [2.24, 2.45) is 0 Å². The van der Waals surface area contributed by atoms with Gasteiger partial charge in [0.15, 0.2) is 11.5 Å². The molecule has 0 aliphatic heterocycles. The lowest BCUT2D eigenvalue weighted by Gasteiger charge is -2.17. The van der Waals surface area contributed by atoms with E-state index in [0.717, 1.165) is 0 Å². The van der Waals surface area contributed by atoms with Crippen LogP contribution in [0.15, 0.2) is 17.0 Å². The van der Waals surface area contributed by atoms with Crippen LogP contribution in [0.2, 0.25) is 0 Å². The van der Waals surface area contributed by atoms with Crippen molar-refractivity contribution >= 4 is 22.4 Å². The number of nitrogens with one attached hydrogen (secondary N) is 2. The number of aryl methyl sites for hydroxylation is 1. The Kier molecular flexibility index (Phi) is 9.71. The maximum atomic E-state index is 12.6. The number of benzene rings is 1. The van der Waals surface area contributed by atoms with E-state index in [4.69, 9.17) is 9.47 Å². The molecule has 2 rings (SSSR count). The van der Waals surface area contributed by atoms with Crippen molar-refractivity contribution in [2.45, 2.75) is 56.4 Å². The van der Waals surface area contributed by atoms with Crippen LogP contribution >= 0.6 is 12.4 Å². The first-order chi connectivity index (χ1) is 12.0. The van der Waals surface area contributed by atoms with Crippen LogP contribution in [-0.4, -0.2) is 41.8 Å². The van der Waals surface area contributed by atoms with E-state index < -0.39 is 10.0 Å². The molecule has 0 aromatic heterocycles. The molecule has 0 atom stereocenters. The summed E-state index contributed by atoms with van der Waals surface area (Å²) in [5, 5.41) is 3.47. The van der Waals surface area contributed by atoms with Crippen molar-refractivity contribution in [1.29, 1.82) is 0 Å². The second-order valence-electron chi connectivity index (χ2n) is 6.51. The number of rotatable bonds is 8. The van der Waals surface area contributed by atoms with Crippen molar-refractivity contribution in [3.63, 3.8) is 0 Å². The highest BCUT2D eigenvalue weighted by Gasteiger charge is 2.20. The third-order valence-electron chi connectivity index (χ3n) is 4.68. The topological polar surface area (TPSA) is 76.7 Å². The Labute approximate surface area is 163 Å². The lowest BCUT2D eigenvalue weighted by atomic mass is 10.1. The molecule has 0 bridgehead atoms. The van der Waals surface area contributed by atoms with Gasteiger partial charge in [-0.2, -0.15) is 0 Å². The molecule has 0 saturated heterocycles.